The van der Waals surface area contributed by atoms with Crippen LogP contribution in [0.1, 0.15) is 34.1 Å². The van der Waals surface area contributed by atoms with E-state index in [9.17, 15) is 22.4 Å². The molecule has 194 valence electrons. The Labute approximate surface area is 203 Å². The van der Waals surface area contributed by atoms with Crippen LogP contribution in [0.3, 0.4) is 0 Å². The van der Waals surface area contributed by atoms with E-state index in [1.54, 1.807) is 27.7 Å². The Morgan fingerprint density at radius 2 is 1.89 bits per heavy atom. The first-order valence-electron chi connectivity index (χ1n) is 11.1. The lowest BCUT2D eigenvalue weighted by Crippen LogP contribution is -2.40. The van der Waals surface area contributed by atoms with Gasteiger partial charge in [0.1, 0.15) is 17.7 Å². The van der Waals surface area contributed by atoms with Crippen molar-refractivity contribution in [3.05, 3.63) is 30.0 Å². The van der Waals surface area contributed by atoms with E-state index in [0.717, 1.165) is 12.1 Å². The molecule has 3 aromatic rings. The van der Waals surface area contributed by atoms with Gasteiger partial charge in [-0.1, -0.05) is 0 Å². The lowest BCUT2D eigenvalue weighted by Gasteiger charge is -2.21. The van der Waals surface area contributed by atoms with Gasteiger partial charge in [0.25, 0.3) is 11.6 Å². The number of amides is 1. The number of fused-ring (bicyclic) bond motifs is 1. The first-order chi connectivity index (χ1) is 16.8. The predicted molar refractivity (Wildman–Crippen MR) is 118 cm³/mol. The molecule has 0 radical (unpaired) electrons. The minimum absolute atomic E-state index is 0.000128. The Morgan fingerprint density at radius 3 is 2.50 bits per heavy atom. The number of rotatable bonds is 8. The smallest absolute Gasteiger partial charge is 0.407 e. The van der Waals surface area contributed by atoms with Gasteiger partial charge in [-0.25, -0.2) is 32.3 Å². The van der Waals surface area contributed by atoms with Gasteiger partial charge < -0.3 is 23.9 Å². The van der Waals surface area contributed by atoms with Crippen molar-refractivity contribution in [3.63, 3.8) is 0 Å². The van der Waals surface area contributed by atoms with Gasteiger partial charge in [-0.2, -0.15) is 4.98 Å². The maximum Gasteiger partial charge on any atom is 0.407 e. The normalized spacial score (nSPS) is 17.5. The summed E-state index contributed by atoms with van der Waals surface area (Å²) in [6.07, 6.45) is 0.330. The summed E-state index contributed by atoms with van der Waals surface area (Å²) in [4.78, 5) is 24.0. The van der Waals surface area contributed by atoms with Gasteiger partial charge in [0, 0.05) is 12.0 Å². The SMILES string of the molecule is C[C@@H](COc1ncc2nc(-c3cc(F)c(OC[C@H]4CC4(F)F)c(F)c3)oc2n1)NC(=O)OC(C)(C)C. The van der Waals surface area contributed by atoms with Crippen molar-refractivity contribution in [2.45, 2.75) is 51.7 Å². The van der Waals surface area contributed by atoms with Crippen LogP contribution in [0.5, 0.6) is 11.8 Å². The molecule has 1 amide bonds. The second kappa shape index (κ2) is 9.43. The van der Waals surface area contributed by atoms with Crippen LogP contribution in [-0.4, -0.2) is 51.8 Å². The van der Waals surface area contributed by atoms with Gasteiger partial charge in [0.05, 0.1) is 24.8 Å². The van der Waals surface area contributed by atoms with E-state index in [4.69, 9.17) is 18.6 Å². The second-order valence-electron chi connectivity index (χ2n) is 9.46. The van der Waals surface area contributed by atoms with Crippen LogP contribution in [0.4, 0.5) is 22.4 Å². The fourth-order valence-electron chi connectivity index (χ4n) is 3.12. The van der Waals surface area contributed by atoms with Crippen molar-refractivity contribution in [1.82, 2.24) is 20.3 Å². The Balaban J connectivity index is 1.40. The molecule has 1 aliphatic carbocycles. The molecule has 0 bridgehead atoms. The summed E-state index contributed by atoms with van der Waals surface area (Å²) in [6.45, 7) is 6.45. The summed E-state index contributed by atoms with van der Waals surface area (Å²) in [5.41, 5.74) is -0.491. The molecule has 1 saturated carbocycles. The standard InChI is InChI=1S/C23H24F4N4O5/c1-11(29-21(32)36-22(2,3)4)9-34-20-28-8-16-19(31-20)35-18(30-16)12-5-14(24)17(15(25)6-12)33-10-13-7-23(13,26)27/h5-6,8,11,13H,7,9-10H2,1-4H3,(H,29,32)/t11-,13+/m0/s1. The maximum atomic E-state index is 14.4. The molecule has 0 spiro atoms. The molecule has 9 nitrogen and oxygen atoms in total. The highest BCUT2D eigenvalue weighted by Crippen LogP contribution is 2.48. The molecular weight excluding hydrogens is 488 g/mol. The van der Waals surface area contributed by atoms with E-state index in [1.165, 1.54) is 6.20 Å². The van der Waals surface area contributed by atoms with E-state index in [1.807, 2.05) is 0 Å². The quantitative estimate of drug-likeness (QED) is 0.425. The van der Waals surface area contributed by atoms with E-state index in [2.05, 4.69) is 20.3 Å². The number of carbonyl (C=O) groups is 1. The molecule has 1 fully saturated rings. The Kier molecular flexibility index (Phi) is 6.67. The minimum Gasteiger partial charge on any atom is -0.487 e. The number of ether oxygens (including phenoxy) is 3. The van der Waals surface area contributed by atoms with Crippen molar-refractivity contribution in [3.8, 4) is 23.2 Å². The number of aromatic nitrogens is 3. The zero-order valence-corrected chi connectivity index (χ0v) is 19.9. The number of nitrogens with one attached hydrogen (secondary N) is 1. The highest BCUT2D eigenvalue weighted by Gasteiger charge is 2.57. The maximum absolute atomic E-state index is 14.4. The van der Waals surface area contributed by atoms with Gasteiger partial charge >= 0.3 is 12.1 Å². The largest absolute Gasteiger partial charge is 0.487 e. The van der Waals surface area contributed by atoms with Crippen LogP contribution >= 0.6 is 0 Å². The number of benzene rings is 1. The molecule has 2 atom stereocenters. The molecule has 2 aromatic heterocycles. The third-order valence-corrected chi connectivity index (χ3v) is 4.98. The topological polar surface area (TPSA) is 109 Å². The summed E-state index contributed by atoms with van der Waals surface area (Å²) >= 11 is 0. The highest BCUT2D eigenvalue weighted by molar-refractivity contribution is 5.72. The summed E-state index contributed by atoms with van der Waals surface area (Å²) in [5.74, 6) is -6.98. The van der Waals surface area contributed by atoms with Crippen molar-refractivity contribution in [1.29, 1.82) is 0 Å². The van der Waals surface area contributed by atoms with Crippen LogP contribution in [0.15, 0.2) is 22.7 Å². The average Bonchev–Trinajstić information content (AvgIpc) is 3.16. The fourth-order valence-corrected chi connectivity index (χ4v) is 3.12. The average molecular weight is 512 g/mol. The molecule has 13 heteroatoms. The second-order valence-corrected chi connectivity index (χ2v) is 9.46. The third kappa shape index (κ3) is 6.13. The monoisotopic (exact) mass is 512 g/mol. The van der Waals surface area contributed by atoms with E-state index >= 15 is 0 Å². The van der Waals surface area contributed by atoms with E-state index in [-0.39, 0.29) is 41.7 Å². The zero-order chi connectivity index (χ0) is 26.3. The third-order valence-electron chi connectivity index (χ3n) is 4.98. The summed E-state index contributed by atoms with van der Waals surface area (Å²) in [5, 5.41) is 2.61. The molecule has 4 rings (SSSR count). The number of nitrogens with zero attached hydrogens (tertiary/aromatic N) is 3. The van der Waals surface area contributed by atoms with E-state index < -0.39 is 53.6 Å². The first kappa shape index (κ1) is 25.5. The summed E-state index contributed by atoms with van der Waals surface area (Å²) in [7, 11) is 0. The molecule has 2 heterocycles. The molecule has 0 saturated heterocycles. The summed E-state index contributed by atoms with van der Waals surface area (Å²) in [6, 6.07) is 1.34. The number of alkyl carbamates (subject to hydrolysis) is 1. The van der Waals surface area contributed by atoms with Crippen molar-refractivity contribution >= 4 is 17.3 Å². The Hall–Kier alpha value is -3.64. The van der Waals surface area contributed by atoms with Crippen LogP contribution in [0, 0.1) is 17.6 Å². The number of oxazole rings is 1. The molecular formula is C23H24F4N4O5. The molecule has 0 unspecified atom stereocenters. The van der Waals surface area contributed by atoms with Crippen LogP contribution in [-0.2, 0) is 4.74 Å². The zero-order valence-electron chi connectivity index (χ0n) is 19.9. The lowest BCUT2D eigenvalue weighted by atomic mass is 10.2. The minimum atomic E-state index is -2.86. The van der Waals surface area contributed by atoms with Gasteiger partial charge in [0.15, 0.2) is 17.4 Å². The fraction of sp³-hybridized carbons (Fsp3) is 0.478. The van der Waals surface area contributed by atoms with Crippen molar-refractivity contribution in [2.75, 3.05) is 13.2 Å². The molecule has 0 aliphatic heterocycles. The van der Waals surface area contributed by atoms with Gasteiger partial charge in [-0.15, -0.1) is 0 Å². The van der Waals surface area contributed by atoms with Crippen LogP contribution in [0.25, 0.3) is 22.7 Å². The van der Waals surface area contributed by atoms with Gasteiger partial charge in [-0.3, -0.25) is 0 Å². The van der Waals surface area contributed by atoms with Crippen molar-refractivity contribution in [2.24, 2.45) is 5.92 Å². The lowest BCUT2D eigenvalue weighted by molar-refractivity contribution is 0.0492. The predicted octanol–water partition coefficient (Wildman–Crippen LogP) is 4.89. The molecule has 1 aromatic carbocycles. The number of alkyl halides is 2. The number of carbonyl (C=O) groups excluding carboxylic acids is 1. The molecule has 1 aliphatic rings. The van der Waals surface area contributed by atoms with E-state index in [0.29, 0.717) is 0 Å². The molecule has 1 N–H and O–H groups in total. The number of hydrogen-bond donors (Lipinski definition) is 1. The van der Waals surface area contributed by atoms with Gasteiger partial charge in [0.2, 0.25) is 5.89 Å². The van der Waals surface area contributed by atoms with Gasteiger partial charge in [-0.05, 0) is 39.8 Å². The highest BCUT2D eigenvalue weighted by atomic mass is 19.3. The number of hydrogen-bond acceptors (Lipinski definition) is 8. The van der Waals surface area contributed by atoms with Crippen LogP contribution in [0.2, 0.25) is 0 Å². The Morgan fingerprint density at radius 1 is 1.22 bits per heavy atom. The molecule has 36 heavy (non-hydrogen) atoms. The van der Waals surface area contributed by atoms with Crippen molar-refractivity contribution < 1.29 is 41.0 Å². The first-order valence-corrected chi connectivity index (χ1v) is 11.1. The Bertz CT molecular complexity index is 1250. The van der Waals surface area contributed by atoms with Crippen LogP contribution < -0.4 is 14.8 Å². The number of halogens is 4. The summed E-state index contributed by atoms with van der Waals surface area (Å²) < 4.78 is 75.9.